The number of hydrogen-bond donors (Lipinski definition) is 0. The molecule has 2 fully saturated rings. The molecule has 0 bridgehead atoms. The molecule has 0 spiro atoms. The summed E-state index contributed by atoms with van der Waals surface area (Å²) in [7, 11) is 0. The van der Waals surface area contributed by atoms with Crippen LogP contribution in [0.2, 0.25) is 0 Å². The Morgan fingerprint density at radius 2 is 1.87 bits per heavy atom. The third kappa shape index (κ3) is 4.81. The van der Waals surface area contributed by atoms with Crippen molar-refractivity contribution in [1.29, 1.82) is 0 Å². The van der Waals surface area contributed by atoms with Gasteiger partial charge in [0.05, 0.1) is 31.9 Å². The molecule has 0 N–H and O–H groups in total. The molecular formula is C22H28N4O4. The highest BCUT2D eigenvalue weighted by atomic mass is 16.5. The molecule has 160 valence electrons. The van der Waals surface area contributed by atoms with Crippen LogP contribution in [0.5, 0.6) is 11.5 Å². The molecule has 1 aromatic heterocycles. The highest BCUT2D eigenvalue weighted by Gasteiger charge is 2.25. The lowest BCUT2D eigenvalue weighted by Gasteiger charge is -2.33. The number of benzene rings is 1. The molecule has 2 aliphatic rings. The van der Waals surface area contributed by atoms with Crippen LogP contribution in [0.1, 0.15) is 30.1 Å². The summed E-state index contributed by atoms with van der Waals surface area (Å²) in [5.41, 5.74) is 0.510. The van der Waals surface area contributed by atoms with Crippen molar-refractivity contribution in [2.24, 2.45) is 0 Å². The summed E-state index contributed by atoms with van der Waals surface area (Å²) in [6, 6.07) is 7.75. The van der Waals surface area contributed by atoms with Gasteiger partial charge in [0.25, 0.3) is 5.91 Å². The molecule has 0 saturated carbocycles. The van der Waals surface area contributed by atoms with E-state index >= 15 is 0 Å². The first-order valence-corrected chi connectivity index (χ1v) is 10.6. The fraction of sp³-hybridized carbons (Fsp3) is 0.500. The number of ether oxygens (including phenoxy) is 3. The number of aromatic nitrogens is 2. The van der Waals surface area contributed by atoms with Crippen LogP contribution in [0.3, 0.4) is 0 Å². The molecule has 1 aromatic carbocycles. The minimum Gasteiger partial charge on any atom is -0.490 e. The van der Waals surface area contributed by atoms with E-state index in [1.54, 1.807) is 17.3 Å². The number of carbonyl (C=O) groups excluding carboxylic acids is 1. The number of anilines is 1. The second-order valence-electron chi connectivity index (χ2n) is 7.38. The van der Waals surface area contributed by atoms with E-state index in [0.29, 0.717) is 51.0 Å². The van der Waals surface area contributed by atoms with Crippen molar-refractivity contribution in [3.8, 4) is 11.5 Å². The van der Waals surface area contributed by atoms with Crippen molar-refractivity contribution in [1.82, 2.24) is 14.9 Å². The normalized spacial score (nSPS) is 19.4. The van der Waals surface area contributed by atoms with E-state index in [2.05, 4.69) is 14.9 Å². The van der Waals surface area contributed by atoms with Crippen molar-refractivity contribution in [3.05, 3.63) is 42.2 Å². The lowest BCUT2D eigenvalue weighted by molar-refractivity contribution is 0.0302. The van der Waals surface area contributed by atoms with Crippen LogP contribution in [0.25, 0.3) is 0 Å². The summed E-state index contributed by atoms with van der Waals surface area (Å²) in [5, 5.41) is 0. The largest absolute Gasteiger partial charge is 0.490 e. The topological polar surface area (TPSA) is 77.0 Å². The lowest BCUT2D eigenvalue weighted by atomic mass is 10.1. The predicted molar refractivity (Wildman–Crippen MR) is 112 cm³/mol. The predicted octanol–water partition coefficient (Wildman–Crippen LogP) is 2.40. The van der Waals surface area contributed by atoms with Gasteiger partial charge in [0.1, 0.15) is 6.10 Å². The minimum atomic E-state index is -0.0442. The quantitative estimate of drug-likeness (QED) is 0.721. The summed E-state index contributed by atoms with van der Waals surface area (Å²) in [4.78, 5) is 25.4. The van der Waals surface area contributed by atoms with Crippen LogP contribution in [-0.4, -0.2) is 72.9 Å². The summed E-state index contributed by atoms with van der Waals surface area (Å²) >= 11 is 0. The number of hydrogen-bond acceptors (Lipinski definition) is 7. The van der Waals surface area contributed by atoms with E-state index in [4.69, 9.17) is 14.2 Å². The van der Waals surface area contributed by atoms with Crippen LogP contribution in [0, 0.1) is 0 Å². The Hall–Kier alpha value is -2.87. The van der Waals surface area contributed by atoms with Crippen LogP contribution in [0.4, 0.5) is 5.95 Å². The molecule has 30 heavy (non-hydrogen) atoms. The second kappa shape index (κ2) is 9.75. The van der Waals surface area contributed by atoms with E-state index < -0.39 is 0 Å². The van der Waals surface area contributed by atoms with E-state index in [1.165, 1.54) is 0 Å². The molecule has 2 aromatic rings. The monoisotopic (exact) mass is 412 g/mol. The molecule has 3 heterocycles. The zero-order chi connectivity index (χ0) is 20.8. The number of piperidine rings is 1. The average Bonchev–Trinajstić information content (AvgIpc) is 2.81. The molecular weight excluding hydrogens is 384 g/mol. The smallest absolute Gasteiger partial charge is 0.257 e. The van der Waals surface area contributed by atoms with Gasteiger partial charge in [0.2, 0.25) is 5.95 Å². The van der Waals surface area contributed by atoms with Gasteiger partial charge in [0, 0.05) is 32.0 Å². The van der Waals surface area contributed by atoms with Gasteiger partial charge in [-0.15, -0.1) is 0 Å². The SMILES string of the molecule is CCOc1ccccc1OC1CCCN(c2ncc(C(=O)N3CCOCC3)cn2)C1. The highest BCUT2D eigenvalue weighted by molar-refractivity contribution is 5.93. The fourth-order valence-corrected chi connectivity index (χ4v) is 3.76. The summed E-state index contributed by atoms with van der Waals surface area (Å²) in [5.74, 6) is 2.11. The van der Waals surface area contributed by atoms with Crippen LogP contribution >= 0.6 is 0 Å². The van der Waals surface area contributed by atoms with E-state index in [-0.39, 0.29) is 12.0 Å². The molecule has 8 heteroatoms. The number of morpholine rings is 1. The number of para-hydroxylation sites is 2. The summed E-state index contributed by atoms with van der Waals surface area (Å²) in [6.07, 6.45) is 5.21. The highest BCUT2D eigenvalue weighted by Crippen LogP contribution is 2.29. The Labute approximate surface area is 176 Å². The van der Waals surface area contributed by atoms with Gasteiger partial charge in [-0.3, -0.25) is 4.79 Å². The first-order valence-electron chi connectivity index (χ1n) is 10.6. The number of rotatable bonds is 6. The molecule has 1 atom stereocenters. The van der Waals surface area contributed by atoms with Gasteiger partial charge in [0.15, 0.2) is 11.5 Å². The van der Waals surface area contributed by atoms with Gasteiger partial charge < -0.3 is 24.0 Å². The van der Waals surface area contributed by atoms with Crippen LogP contribution in [0.15, 0.2) is 36.7 Å². The van der Waals surface area contributed by atoms with Crippen molar-refractivity contribution in [2.75, 3.05) is 50.9 Å². The zero-order valence-electron chi connectivity index (χ0n) is 17.3. The molecule has 4 rings (SSSR count). The van der Waals surface area contributed by atoms with Crippen molar-refractivity contribution in [2.45, 2.75) is 25.9 Å². The van der Waals surface area contributed by atoms with Gasteiger partial charge in [-0.05, 0) is 31.9 Å². The third-order valence-corrected chi connectivity index (χ3v) is 5.29. The molecule has 1 unspecified atom stereocenters. The molecule has 2 saturated heterocycles. The molecule has 0 radical (unpaired) electrons. The summed E-state index contributed by atoms with van der Waals surface area (Å²) in [6.45, 7) is 6.48. The summed E-state index contributed by atoms with van der Waals surface area (Å²) < 4.78 is 17.2. The van der Waals surface area contributed by atoms with Crippen LogP contribution in [-0.2, 0) is 4.74 Å². The van der Waals surface area contributed by atoms with Gasteiger partial charge in [-0.25, -0.2) is 9.97 Å². The third-order valence-electron chi connectivity index (χ3n) is 5.29. The minimum absolute atomic E-state index is 0.0265. The maximum absolute atomic E-state index is 12.6. The maximum atomic E-state index is 12.6. The molecule has 8 nitrogen and oxygen atoms in total. The fourth-order valence-electron chi connectivity index (χ4n) is 3.76. The van der Waals surface area contributed by atoms with E-state index in [9.17, 15) is 4.79 Å². The average molecular weight is 412 g/mol. The molecule has 1 amide bonds. The van der Waals surface area contributed by atoms with E-state index in [1.807, 2.05) is 31.2 Å². The van der Waals surface area contributed by atoms with Crippen molar-refractivity contribution in [3.63, 3.8) is 0 Å². The molecule has 0 aliphatic carbocycles. The van der Waals surface area contributed by atoms with E-state index in [0.717, 1.165) is 30.9 Å². The second-order valence-corrected chi connectivity index (χ2v) is 7.38. The Morgan fingerprint density at radius 3 is 2.60 bits per heavy atom. The molecule has 2 aliphatic heterocycles. The Balaban J connectivity index is 1.39. The number of carbonyl (C=O) groups is 1. The number of nitrogens with zero attached hydrogens (tertiary/aromatic N) is 4. The first-order chi connectivity index (χ1) is 14.7. The first kappa shape index (κ1) is 20.4. The Morgan fingerprint density at radius 1 is 1.13 bits per heavy atom. The standard InChI is InChI=1S/C22H28N4O4/c1-2-29-19-7-3-4-8-20(19)30-18-6-5-9-26(16-18)22-23-14-17(15-24-22)21(27)25-10-12-28-13-11-25/h3-4,7-8,14-15,18H,2,5-6,9-13,16H2,1H3. The van der Waals surface area contributed by atoms with Crippen molar-refractivity contribution >= 4 is 11.9 Å². The Bertz CT molecular complexity index is 839. The van der Waals surface area contributed by atoms with Gasteiger partial charge in [-0.2, -0.15) is 0 Å². The van der Waals surface area contributed by atoms with Crippen LogP contribution < -0.4 is 14.4 Å². The number of amides is 1. The van der Waals surface area contributed by atoms with Gasteiger partial charge in [-0.1, -0.05) is 12.1 Å². The van der Waals surface area contributed by atoms with Crippen molar-refractivity contribution < 1.29 is 19.0 Å². The lowest BCUT2D eigenvalue weighted by Crippen LogP contribution is -2.42. The van der Waals surface area contributed by atoms with Gasteiger partial charge >= 0.3 is 0 Å². The Kier molecular flexibility index (Phi) is 6.63. The maximum Gasteiger partial charge on any atom is 0.257 e. The zero-order valence-corrected chi connectivity index (χ0v) is 17.3.